The van der Waals surface area contributed by atoms with E-state index in [1.165, 1.54) is 6.26 Å². The van der Waals surface area contributed by atoms with Crippen molar-refractivity contribution in [2.75, 3.05) is 25.9 Å². The summed E-state index contributed by atoms with van der Waals surface area (Å²) >= 11 is 0. The molecule has 0 N–H and O–H groups in total. The van der Waals surface area contributed by atoms with Crippen LogP contribution in [0.5, 0.6) is 0 Å². The molecule has 1 aliphatic heterocycles. The predicted molar refractivity (Wildman–Crippen MR) is 62.3 cm³/mol. The molecule has 1 atom stereocenters. The zero-order valence-corrected chi connectivity index (χ0v) is 10.9. The van der Waals surface area contributed by atoms with Gasteiger partial charge in [0.2, 0.25) is 10.0 Å². The van der Waals surface area contributed by atoms with Crippen LogP contribution in [0.15, 0.2) is 0 Å². The zero-order valence-electron chi connectivity index (χ0n) is 10.1. The molecule has 1 unspecified atom stereocenters. The van der Waals surface area contributed by atoms with Crippen LogP contribution in [0.25, 0.3) is 0 Å². The Bertz CT molecular complexity index is 301. The van der Waals surface area contributed by atoms with E-state index in [1.807, 2.05) is 6.92 Å². The van der Waals surface area contributed by atoms with Crippen molar-refractivity contribution in [2.24, 2.45) is 0 Å². The van der Waals surface area contributed by atoms with Crippen LogP contribution in [0.4, 0.5) is 0 Å². The molecule has 15 heavy (non-hydrogen) atoms. The van der Waals surface area contributed by atoms with Crippen molar-refractivity contribution in [3.8, 4) is 0 Å². The van der Waals surface area contributed by atoms with Crippen molar-refractivity contribution in [1.29, 1.82) is 0 Å². The second-order valence-corrected chi connectivity index (χ2v) is 6.46. The van der Waals surface area contributed by atoms with Crippen molar-refractivity contribution in [1.82, 2.24) is 9.21 Å². The maximum absolute atomic E-state index is 11.5. The zero-order chi connectivity index (χ0) is 11.6. The van der Waals surface area contributed by atoms with E-state index in [9.17, 15) is 8.42 Å². The minimum absolute atomic E-state index is 0.149. The molecule has 1 rings (SSSR count). The SMILES string of the molecule is CCC1CN(C(C)C)CCN1S(C)(=O)=O. The highest BCUT2D eigenvalue weighted by molar-refractivity contribution is 7.88. The molecule has 0 radical (unpaired) electrons. The average molecular weight is 234 g/mol. The number of hydrogen-bond donors (Lipinski definition) is 0. The Labute approximate surface area is 93.3 Å². The van der Waals surface area contributed by atoms with Crippen molar-refractivity contribution in [3.63, 3.8) is 0 Å². The van der Waals surface area contributed by atoms with Gasteiger partial charge in [-0.25, -0.2) is 8.42 Å². The first-order chi connectivity index (χ1) is 6.86. The molecule has 0 aromatic carbocycles. The van der Waals surface area contributed by atoms with Crippen LogP contribution in [-0.2, 0) is 10.0 Å². The van der Waals surface area contributed by atoms with Crippen LogP contribution in [0, 0.1) is 0 Å². The minimum Gasteiger partial charge on any atom is -0.298 e. The summed E-state index contributed by atoms with van der Waals surface area (Å²) in [5.41, 5.74) is 0. The van der Waals surface area contributed by atoms with Gasteiger partial charge in [-0.15, -0.1) is 0 Å². The van der Waals surface area contributed by atoms with E-state index in [2.05, 4.69) is 18.7 Å². The highest BCUT2D eigenvalue weighted by Gasteiger charge is 2.32. The van der Waals surface area contributed by atoms with E-state index in [4.69, 9.17) is 0 Å². The summed E-state index contributed by atoms with van der Waals surface area (Å²) in [4.78, 5) is 2.34. The standard InChI is InChI=1S/C10H22N2O2S/c1-5-10-8-11(9(2)3)6-7-12(10)15(4,13)14/h9-10H,5-8H2,1-4H3. The van der Waals surface area contributed by atoms with Crippen LogP contribution >= 0.6 is 0 Å². The maximum atomic E-state index is 11.5. The van der Waals surface area contributed by atoms with Crippen LogP contribution < -0.4 is 0 Å². The van der Waals surface area contributed by atoms with Crippen molar-refractivity contribution in [3.05, 3.63) is 0 Å². The minimum atomic E-state index is -3.03. The molecule has 1 fully saturated rings. The molecule has 0 bridgehead atoms. The quantitative estimate of drug-likeness (QED) is 0.723. The number of rotatable bonds is 3. The Balaban J connectivity index is 2.74. The summed E-state index contributed by atoms with van der Waals surface area (Å²) in [7, 11) is -3.03. The van der Waals surface area contributed by atoms with Gasteiger partial charge in [0.15, 0.2) is 0 Å². The fourth-order valence-corrected chi connectivity index (χ4v) is 3.27. The van der Waals surface area contributed by atoms with Gasteiger partial charge >= 0.3 is 0 Å². The van der Waals surface area contributed by atoms with Gasteiger partial charge in [-0.1, -0.05) is 6.92 Å². The Morgan fingerprint density at radius 3 is 2.33 bits per heavy atom. The average Bonchev–Trinajstić information content (AvgIpc) is 2.15. The third kappa shape index (κ3) is 3.16. The Morgan fingerprint density at radius 2 is 1.93 bits per heavy atom. The molecule has 1 heterocycles. The molecule has 0 spiro atoms. The molecule has 4 nitrogen and oxygen atoms in total. The van der Waals surface area contributed by atoms with Gasteiger partial charge in [-0.3, -0.25) is 4.90 Å². The van der Waals surface area contributed by atoms with E-state index < -0.39 is 10.0 Å². The molecule has 0 aromatic rings. The van der Waals surface area contributed by atoms with Gasteiger partial charge in [0.05, 0.1) is 6.26 Å². The second-order valence-electron chi connectivity index (χ2n) is 4.52. The summed E-state index contributed by atoms with van der Waals surface area (Å²) in [6.07, 6.45) is 2.19. The third-order valence-corrected chi connectivity index (χ3v) is 4.42. The number of hydrogen-bond acceptors (Lipinski definition) is 3. The van der Waals surface area contributed by atoms with Gasteiger partial charge in [-0.05, 0) is 20.3 Å². The van der Waals surface area contributed by atoms with Crippen LogP contribution in [-0.4, -0.2) is 55.6 Å². The molecule has 0 amide bonds. The molecule has 0 saturated carbocycles. The summed E-state index contributed by atoms with van der Waals surface area (Å²) in [6, 6.07) is 0.650. The Hall–Kier alpha value is -0.130. The van der Waals surface area contributed by atoms with Gasteiger partial charge in [-0.2, -0.15) is 4.31 Å². The number of sulfonamides is 1. The Kier molecular flexibility index (Phi) is 4.14. The first-order valence-corrected chi connectivity index (χ1v) is 7.42. The fraction of sp³-hybridized carbons (Fsp3) is 1.00. The predicted octanol–water partition coefficient (Wildman–Crippen LogP) is 0.751. The lowest BCUT2D eigenvalue weighted by Gasteiger charge is -2.41. The highest BCUT2D eigenvalue weighted by Crippen LogP contribution is 2.17. The summed E-state index contributed by atoms with van der Waals surface area (Å²) in [5, 5.41) is 0. The number of nitrogens with zero attached hydrogens (tertiary/aromatic N) is 2. The highest BCUT2D eigenvalue weighted by atomic mass is 32.2. The largest absolute Gasteiger partial charge is 0.298 e. The van der Waals surface area contributed by atoms with Crippen LogP contribution in [0.2, 0.25) is 0 Å². The van der Waals surface area contributed by atoms with Gasteiger partial charge in [0.1, 0.15) is 0 Å². The van der Waals surface area contributed by atoms with E-state index in [-0.39, 0.29) is 6.04 Å². The summed E-state index contributed by atoms with van der Waals surface area (Å²) in [6.45, 7) is 8.70. The van der Waals surface area contributed by atoms with Gasteiger partial charge in [0, 0.05) is 31.7 Å². The Morgan fingerprint density at radius 1 is 1.33 bits per heavy atom. The van der Waals surface area contributed by atoms with Gasteiger partial charge in [0.25, 0.3) is 0 Å². The lowest BCUT2D eigenvalue weighted by Crippen LogP contribution is -2.56. The van der Waals surface area contributed by atoms with E-state index >= 15 is 0 Å². The molecular weight excluding hydrogens is 212 g/mol. The molecule has 5 heteroatoms. The van der Waals surface area contributed by atoms with Crippen molar-refractivity contribution < 1.29 is 8.42 Å². The fourth-order valence-electron chi connectivity index (χ4n) is 2.10. The number of piperazine rings is 1. The lowest BCUT2D eigenvalue weighted by molar-refractivity contribution is 0.107. The molecule has 1 saturated heterocycles. The summed E-state index contributed by atoms with van der Waals surface area (Å²) < 4.78 is 24.7. The van der Waals surface area contributed by atoms with Crippen LogP contribution in [0.1, 0.15) is 27.2 Å². The smallest absolute Gasteiger partial charge is 0.211 e. The first kappa shape index (κ1) is 12.9. The normalized spacial score (nSPS) is 26.1. The topological polar surface area (TPSA) is 40.6 Å². The maximum Gasteiger partial charge on any atom is 0.211 e. The third-order valence-electron chi connectivity index (χ3n) is 3.09. The molecular formula is C10H22N2O2S. The second kappa shape index (κ2) is 4.80. The molecule has 1 aliphatic rings. The molecule has 0 aliphatic carbocycles. The van der Waals surface area contributed by atoms with Crippen molar-refractivity contribution in [2.45, 2.75) is 39.3 Å². The molecule has 90 valence electrons. The van der Waals surface area contributed by atoms with Crippen molar-refractivity contribution >= 4 is 10.0 Å². The molecule has 0 aromatic heterocycles. The van der Waals surface area contributed by atoms with E-state index in [0.29, 0.717) is 12.6 Å². The van der Waals surface area contributed by atoms with E-state index in [0.717, 1.165) is 19.5 Å². The summed E-state index contributed by atoms with van der Waals surface area (Å²) in [5.74, 6) is 0. The monoisotopic (exact) mass is 234 g/mol. The lowest BCUT2D eigenvalue weighted by atomic mass is 10.1. The first-order valence-electron chi connectivity index (χ1n) is 5.57. The van der Waals surface area contributed by atoms with Crippen LogP contribution in [0.3, 0.4) is 0 Å². The van der Waals surface area contributed by atoms with Gasteiger partial charge < -0.3 is 0 Å². The van der Waals surface area contributed by atoms with E-state index in [1.54, 1.807) is 4.31 Å².